The first kappa shape index (κ1) is 16.9. The summed E-state index contributed by atoms with van der Waals surface area (Å²) in [6, 6.07) is 13.7. The van der Waals surface area contributed by atoms with Gasteiger partial charge in [0, 0.05) is 6.07 Å². The Bertz CT molecular complexity index is 890. The molecule has 6 nitrogen and oxygen atoms in total. The molecule has 0 bridgehead atoms. The Balaban J connectivity index is 1.86. The van der Waals surface area contributed by atoms with Crippen LogP contribution in [0.15, 0.2) is 53.4 Å². The molecule has 0 N–H and O–H groups in total. The molecule has 0 radical (unpaired) electrons. The fraction of sp³-hybridized carbons (Fsp3) is 0.111. The number of nitrogens with zero attached hydrogens (tertiary/aromatic N) is 2. The smallest absolute Gasteiger partial charge is 0.268 e. The third-order valence-electron chi connectivity index (χ3n) is 3.75. The second kappa shape index (κ2) is 6.90. The number of rotatable bonds is 4. The summed E-state index contributed by atoms with van der Waals surface area (Å²) < 4.78 is 0. The number of carbonyl (C=O) groups is 2. The van der Waals surface area contributed by atoms with Gasteiger partial charge in [0.25, 0.3) is 16.8 Å². The van der Waals surface area contributed by atoms with Gasteiger partial charge in [0.2, 0.25) is 0 Å². The molecule has 3 rings (SSSR count). The molecule has 1 saturated heterocycles. The van der Waals surface area contributed by atoms with Crippen LogP contribution in [0, 0.1) is 17.0 Å². The highest BCUT2D eigenvalue weighted by molar-refractivity contribution is 8.18. The molecule has 0 saturated carbocycles. The lowest BCUT2D eigenvalue weighted by Gasteiger charge is -2.12. The molecule has 0 aliphatic carbocycles. The second-order valence-corrected chi connectivity index (χ2v) is 6.56. The molecule has 1 fully saturated rings. The first-order valence-electron chi connectivity index (χ1n) is 7.50. The summed E-state index contributed by atoms with van der Waals surface area (Å²) in [5.74, 6) is -0.436. The van der Waals surface area contributed by atoms with Crippen LogP contribution in [0.1, 0.15) is 16.7 Å². The number of thioether (sulfide) groups is 1. The van der Waals surface area contributed by atoms with Gasteiger partial charge >= 0.3 is 0 Å². The standard InChI is InChI=1S/C18H14N2O4S/c1-12-6-8-13(9-7-12)11-19-17(21)16(25-18(19)22)10-14-4-2-3-5-15(14)20(23)24/h2-10H,11H2,1H3. The van der Waals surface area contributed by atoms with Gasteiger partial charge in [-0.1, -0.05) is 42.0 Å². The number of nitro benzene ring substituents is 1. The van der Waals surface area contributed by atoms with E-state index in [0.717, 1.165) is 27.8 Å². The van der Waals surface area contributed by atoms with Crippen molar-refractivity contribution in [2.75, 3.05) is 0 Å². The van der Waals surface area contributed by atoms with E-state index in [0.29, 0.717) is 5.56 Å². The molecular formula is C18H14N2O4S. The number of benzene rings is 2. The van der Waals surface area contributed by atoms with Crippen molar-refractivity contribution >= 4 is 34.7 Å². The lowest BCUT2D eigenvalue weighted by Crippen LogP contribution is -2.27. The van der Waals surface area contributed by atoms with Crippen molar-refractivity contribution in [3.05, 3.63) is 80.2 Å². The Kier molecular flexibility index (Phi) is 4.67. The maximum Gasteiger partial charge on any atom is 0.293 e. The minimum absolute atomic E-state index is 0.104. The van der Waals surface area contributed by atoms with Crippen LogP contribution in [0.3, 0.4) is 0 Å². The number of para-hydroxylation sites is 1. The van der Waals surface area contributed by atoms with Crippen LogP contribution in [0.25, 0.3) is 6.08 Å². The summed E-state index contributed by atoms with van der Waals surface area (Å²) >= 11 is 0.795. The summed E-state index contributed by atoms with van der Waals surface area (Å²) in [7, 11) is 0. The molecule has 0 aromatic heterocycles. The van der Waals surface area contributed by atoms with Gasteiger partial charge < -0.3 is 0 Å². The highest BCUT2D eigenvalue weighted by Gasteiger charge is 2.35. The van der Waals surface area contributed by atoms with Crippen LogP contribution in [0.2, 0.25) is 0 Å². The van der Waals surface area contributed by atoms with E-state index in [4.69, 9.17) is 0 Å². The van der Waals surface area contributed by atoms with Crippen LogP contribution in [0.5, 0.6) is 0 Å². The fourth-order valence-corrected chi connectivity index (χ4v) is 3.26. The Morgan fingerprint density at radius 1 is 1.12 bits per heavy atom. The Hall–Kier alpha value is -2.93. The molecule has 7 heteroatoms. The largest absolute Gasteiger partial charge is 0.293 e. The SMILES string of the molecule is Cc1ccc(CN2C(=O)SC(=Cc3ccccc3[N+](=O)[O-])C2=O)cc1. The van der Waals surface area contributed by atoms with Crippen LogP contribution >= 0.6 is 11.8 Å². The predicted octanol–water partition coefficient (Wildman–Crippen LogP) is 4.14. The third-order valence-corrected chi connectivity index (χ3v) is 4.66. The molecule has 2 amide bonds. The molecular weight excluding hydrogens is 340 g/mol. The van der Waals surface area contributed by atoms with Gasteiger partial charge in [-0.05, 0) is 36.4 Å². The average molecular weight is 354 g/mol. The number of hydrogen-bond donors (Lipinski definition) is 0. The van der Waals surface area contributed by atoms with Crippen molar-refractivity contribution in [2.45, 2.75) is 13.5 Å². The van der Waals surface area contributed by atoms with E-state index in [1.807, 2.05) is 31.2 Å². The molecule has 0 unspecified atom stereocenters. The van der Waals surface area contributed by atoms with Crippen molar-refractivity contribution in [3.63, 3.8) is 0 Å². The van der Waals surface area contributed by atoms with E-state index < -0.39 is 10.8 Å². The zero-order valence-electron chi connectivity index (χ0n) is 13.3. The Morgan fingerprint density at radius 2 is 1.80 bits per heavy atom. The van der Waals surface area contributed by atoms with Crippen molar-refractivity contribution in [1.29, 1.82) is 0 Å². The van der Waals surface area contributed by atoms with Gasteiger partial charge in [0.1, 0.15) is 0 Å². The topological polar surface area (TPSA) is 80.5 Å². The molecule has 1 heterocycles. The maximum absolute atomic E-state index is 12.5. The van der Waals surface area contributed by atoms with Gasteiger partial charge in [0.15, 0.2) is 0 Å². The van der Waals surface area contributed by atoms with E-state index in [-0.39, 0.29) is 22.4 Å². The summed E-state index contributed by atoms with van der Waals surface area (Å²) in [6.07, 6.45) is 1.40. The number of nitro groups is 1. The lowest BCUT2D eigenvalue weighted by molar-refractivity contribution is -0.385. The number of aryl methyl sites for hydroxylation is 1. The fourth-order valence-electron chi connectivity index (χ4n) is 2.43. The third kappa shape index (κ3) is 3.61. The van der Waals surface area contributed by atoms with E-state index in [1.54, 1.807) is 18.2 Å². The van der Waals surface area contributed by atoms with Crippen molar-refractivity contribution in [3.8, 4) is 0 Å². The predicted molar refractivity (Wildman–Crippen MR) is 95.8 cm³/mol. The van der Waals surface area contributed by atoms with Crippen molar-refractivity contribution in [1.82, 2.24) is 4.90 Å². The molecule has 1 aliphatic heterocycles. The summed E-state index contributed by atoms with van der Waals surface area (Å²) in [5, 5.41) is 10.7. The average Bonchev–Trinajstić information content (AvgIpc) is 2.84. The first-order chi connectivity index (χ1) is 12.0. The second-order valence-electron chi connectivity index (χ2n) is 5.57. The van der Waals surface area contributed by atoms with Crippen molar-refractivity contribution in [2.24, 2.45) is 0 Å². The minimum atomic E-state index is -0.512. The molecule has 25 heavy (non-hydrogen) atoms. The minimum Gasteiger partial charge on any atom is -0.268 e. The van der Waals surface area contributed by atoms with Gasteiger partial charge in [-0.15, -0.1) is 0 Å². The number of carbonyl (C=O) groups excluding carboxylic acids is 2. The molecule has 2 aromatic carbocycles. The zero-order valence-corrected chi connectivity index (χ0v) is 14.2. The lowest BCUT2D eigenvalue weighted by atomic mass is 10.1. The summed E-state index contributed by atoms with van der Waals surface area (Å²) in [4.78, 5) is 36.6. The zero-order chi connectivity index (χ0) is 18.0. The van der Waals surface area contributed by atoms with Crippen molar-refractivity contribution < 1.29 is 14.5 Å². The molecule has 0 spiro atoms. The Morgan fingerprint density at radius 3 is 2.48 bits per heavy atom. The molecule has 1 aliphatic rings. The highest BCUT2D eigenvalue weighted by atomic mass is 32.2. The van der Waals surface area contributed by atoms with Crippen LogP contribution in [0.4, 0.5) is 10.5 Å². The van der Waals surface area contributed by atoms with E-state index in [9.17, 15) is 19.7 Å². The van der Waals surface area contributed by atoms with Gasteiger partial charge in [-0.3, -0.25) is 24.6 Å². The van der Waals surface area contributed by atoms with Crippen LogP contribution in [-0.2, 0) is 11.3 Å². The number of amides is 2. The number of hydrogen-bond acceptors (Lipinski definition) is 5. The molecule has 2 aromatic rings. The summed E-state index contributed by atoms with van der Waals surface area (Å²) in [6.45, 7) is 2.14. The highest BCUT2D eigenvalue weighted by Crippen LogP contribution is 2.34. The van der Waals surface area contributed by atoms with Crippen LogP contribution in [-0.4, -0.2) is 21.0 Å². The molecule has 0 atom stereocenters. The van der Waals surface area contributed by atoms with Gasteiger partial charge in [-0.25, -0.2) is 0 Å². The van der Waals surface area contributed by atoms with E-state index in [2.05, 4.69) is 0 Å². The monoisotopic (exact) mass is 354 g/mol. The summed E-state index contributed by atoms with van der Waals surface area (Å²) in [5.41, 5.74) is 2.13. The Labute approximate surface area is 148 Å². The molecule has 126 valence electrons. The number of imide groups is 1. The van der Waals surface area contributed by atoms with Crippen LogP contribution < -0.4 is 0 Å². The first-order valence-corrected chi connectivity index (χ1v) is 8.31. The van der Waals surface area contributed by atoms with E-state index >= 15 is 0 Å². The maximum atomic E-state index is 12.5. The van der Waals surface area contributed by atoms with Gasteiger partial charge in [-0.2, -0.15) is 0 Å². The normalized spacial score (nSPS) is 15.9. The van der Waals surface area contributed by atoms with E-state index in [1.165, 1.54) is 12.1 Å². The van der Waals surface area contributed by atoms with Gasteiger partial charge in [0.05, 0.1) is 21.9 Å². The quantitative estimate of drug-likeness (QED) is 0.468.